The third kappa shape index (κ3) is 1.08. The molecule has 0 spiro atoms. The molecule has 2 heteroatoms. The summed E-state index contributed by atoms with van der Waals surface area (Å²) in [7, 11) is 0. The number of rotatable bonds is 0. The Bertz CT molecular complexity index is 563. The number of Topliss-reactive ketones (excluding diaryl/α,β-unsaturated/α-hetero) is 1. The van der Waals surface area contributed by atoms with E-state index in [0.717, 1.165) is 11.1 Å². The van der Waals surface area contributed by atoms with Gasteiger partial charge in [-0.05, 0) is 34.6 Å². The zero-order chi connectivity index (χ0) is 10.6. The molecule has 1 N–H and O–H groups in total. The number of hydrogen-bond donors (Lipinski definition) is 1. The van der Waals surface area contributed by atoms with Crippen LogP contribution in [0.5, 0.6) is 0 Å². The second-order valence-corrected chi connectivity index (χ2v) is 4.95. The van der Waals surface area contributed by atoms with Crippen molar-refractivity contribution in [2.45, 2.75) is 25.7 Å². The van der Waals surface area contributed by atoms with E-state index < -0.39 is 0 Å². The quantitative estimate of drug-likeness (QED) is 0.695. The zero-order valence-corrected chi connectivity index (χ0v) is 8.92. The fourth-order valence-corrected chi connectivity index (χ4v) is 2.48. The highest BCUT2D eigenvalue weighted by Gasteiger charge is 2.35. The number of aromatic nitrogens is 1. The van der Waals surface area contributed by atoms with Crippen molar-refractivity contribution in [1.29, 1.82) is 0 Å². The van der Waals surface area contributed by atoms with Crippen LogP contribution in [0.3, 0.4) is 0 Å². The monoisotopic (exact) mass is 199 g/mol. The SMILES string of the molecule is CC1(C)CC(=O)c2cc3[nH]ccc3cc21. The maximum Gasteiger partial charge on any atom is 0.164 e. The molecule has 2 aromatic rings. The van der Waals surface area contributed by atoms with Crippen molar-refractivity contribution in [2.75, 3.05) is 0 Å². The van der Waals surface area contributed by atoms with Gasteiger partial charge in [-0.2, -0.15) is 0 Å². The zero-order valence-electron chi connectivity index (χ0n) is 8.92. The van der Waals surface area contributed by atoms with Crippen molar-refractivity contribution in [3.8, 4) is 0 Å². The lowest BCUT2D eigenvalue weighted by atomic mass is 9.86. The Morgan fingerprint density at radius 2 is 2.13 bits per heavy atom. The lowest BCUT2D eigenvalue weighted by Gasteiger charge is -2.17. The highest BCUT2D eigenvalue weighted by molar-refractivity contribution is 6.05. The molecule has 3 rings (SSSR count). The summed E-state index contributed by atoms with van der Waals surface area (Å²) in [5.74, 6) is 0.270. The maximum atomic E-state index is 11.8. The Labute approximate surface area is 88.3 Å². The molecule has 15 heavy (non-hydrogen) atoms. The van der Waals surface area contributed by atoms with Crippen LogP contribution in [-0.4, -0.2) is 10.8 Å². The Hall–Kier alpha value is -1.57. The predicted octanol–water partition coefficient (Wildman–Crippen LogP) is 3.03. The van der Waals surface area contributed by atoms with E-state index in [1.54, 1.807) is 0 Å². The van der Waals surface area contributed by atoms with Gasteiger partial charge in [-0.15, -0.1) is 0 Å². The van der Waals surface area contributed by atoms with Crippen LogP contribution in [0, 0.1) is 0 Å². The average molecular weight is 199 g/mol. The summed E-state index contributed by atoms with van der Waals surface area (Å²) in [6.07, 6.45) is 2.55. The highest BCUT2D eigenvalue weighted by Crippen LogP contribution is 2.39. The predicted molar refractivity (Wildman–Crippen MR) is 60.3 cm³/mol. The molecule has 0 unspecified atom stereocenters. The van der Waals surface area contributed by atoms with Crippen LogP contribution in [-0.2, 0) is 5.41 Å². The van der Waals surface area contributed by atoms with Crippen molar-refractivity contribution in [2.24, 2.45) is 0 Å². The molecule has 1 aliphatic carbocycles. The van der Waals surface area contributed by atoms with Gasteiger partial charge >= 0.3 is 0 Å². The fraction of sp³-hybridized carbons (Fsp3) is 0.308. The molecule has 0 fully saturated rings. The molecule has 0 aliphatic heterocycles. The van der Waals surface area contributed by atoms with Gasteiger partial charge in [0.15, 0.2) is 5.78 Å². The minimum Gasteiger partial charge on any atom is -0.361 e. The summed E-state index contributed by atoms with van der Waals surface area (Å²) in [4.78, 5) is 15.0. The van der Waals surface area contributed by atoms with Crippen molar-refractivity contribution in [1.82, 2.24) is 4.98 Å². The Morgan fingerprint density at radius 1 is 1.33 bits per heavy atom. The first kappa shape index (κ1) is 8.72. The largest absolute Gasteiger partial charge is 0.361 e. The van der Waals surface area contributed by atoms with E-state index in [9.17, 15) is 4.79 Å². The second kappa shape index (κ2) is 2.51. The lowest BCUT2D eigenvalue weighted by Crippen LogP contribution is -2.12. The minimum atomic E-state index is -0.00211. The molecule has 0 bridgehead atoms. The number of benzene rings is 1. The molecule has 1 heterocycles. The molecule has 0 saturated carbocycles. The van der Waals surface area contributed by atoms with Crippen LogP contribution in [0.1, 0.15) is 36.2 Å². The molecule has 0 saturated heterocycles. The van der Waals surface area contributed by atoms with E-state index in [-0.39, 0.29) is 11.2 Å². The smallest absolute Gasteiger partial charge is 0.164 e. The first-order chi connectivity index (χ1) is 7.08. The van der Waals surface area contributed by atoms with Gasteiger partial charge < -0.3 is 4.98 Å². The van der Waals surface area contributed by atoms with E-state index in [0.29, 0.717) is 6.42 Å². The topological polar surface area (TPSA) is 32.9 Å². The van der Waals surface area contributed by atoms with E-state index in [1.807, 2.05) is 12.3 Å². The summed E-state index contributed by atoms with van der Waals surface area (Å²) in [5, 5.41) is 1.19. The fourth-order valence-electron chi connectivity index (χ4n) is 2.48. The Balaban J connectivity index is 2.39. The number of aromatic amines is 1. The number of carbonyl (C=O) groups excluding carboxylic acids is 1. The van der Waals surface area contributed by atoms with Crippen LogP contribution in [0.2, 0.25) is 0 Å². The summed E-state index contributed by atoms with van der Waals surface area (Å²) in [5.41, 5.74) is 3.15. The third-order valence-corrected chi connectivity index (χ3v) is 3.32. The van der Waals surface area contributed by atoms with Crippen LogP contribution < -0.4 is 0 Å². The molecule has 0 radical (unpaired) electrons. The van der Waals surface area contributed by atoms with Gasteiger partial charge in [0.2, 0.25) is 0 Å². The Kier molecular flexibility index (Phi) is 1.46. The normalized spacial score (nSPS) is 18.4. The van der Waals surface area contributed by atoms with Crippen LogP contribution in [0.15, 0.2) is 24.4 Å². The minimum absolute atomic E-state index is 0.00211. The molecule has 76 valence electrons. The maximum absolute atomic E-state index is 11.8. The lowest BCUT2D eigenvalue weighted by molar-refractivity contribution is 0.0979. The summed E-state index contributed by atoms with van der Waals surface area (Å²) < 4.78 is 0. The molecular formula is C13H13NO. The van der Waals surface area contributed by atoms with E-state index >= 15 is 0 Å². The van der Waals surface area contributed by atoms with Gasteiger partial charge in [0.1, 0.15) is 0 Å². The summed E-state index contributed by atoms with van der Waals surface area (Å²) in [6, 6.07) is 6.18. The van der Waals surface area contributed by atoms with Gasteiger partial charge in [-0.3, -0.25) is 4.79 Å². The van der Waals surface area contributed by atoms with Crippen LogP contribution >= 0.6 is 0 Å². The summed E-state index contributed by atoms with van der Waals surface area (Å²) in [6.45, 7) is 4.27. The third-order valence-electron chi connectivity index (χ3n) is 3.32. The van der Waals surface area contributed by atoms with E-state index in [4.69, 9.17) is 0 Å². The van der Waals surface area contributed by atoms with Gasteiger partial charge in [-0.25, -0.2) is 0 Å². The standard InChI is InChI=1S/C13H13NO/c1-13(2)7-12(15)9-6-11-8(3-4-14-11)5-10(9)13/h3-6,14H,7H2,1-2H3. The van der Waals surface area contributed by atoms with Crippen LogP contribution in [0.25, 0.3) is 10.9 Å². The highest BCUT2D eigenvalue weighted by atomic mass is 16.1. The number of carbonyl (C=O) groups is 1. The van der Waals surface area contributed by atoms with Crippen molar-refractivity contribution in [3.05, 3.63) is 35.5 Å². The van der Waals surface area contributed by atoms with Gasteiger partial charge in [-0.1, -0.05) is 13.8 Å². The Morgan fingerprint density at radius 3 is 2.93 bits per heavy atom. The average Bonchev–Trinajstić information content (AvgIpc) is 2.68. The number of hydrogen-bond acceptors (Lipinski definition) is 1. The van der Waals surface area contributed by atoms with Crippen LogP contribution in [0.4, 0.5) is 0 Å². The number of H-pyrrole nitrogens is 1. The second-order valence-electron chi connectivity index (χ2n) is 4.95. The first-order valence-electron chi connectivity index (χ1n) is 5.23. The molecule has 0 atom stereocenters. The van der Waals surface area contributed by atoms with Gasteiger partial charge in [0.25, 0.3) is 0 Å². The molecular weight excluding hydrogens is 186 g/mol. The van der Waals surface area contributed by atoms with Gasteiger partial charge in [0, 0.05) is 23.7 Å². The number of nitrogens with one attached hydrogen (secondary N) is 1. The van der Waals surface area contributed by atoms with Crippen molar-refractivity contribution < 1.29 is 4.79 Å². The first-order valence-corrected chi connectivity index (χ1v) is 5.23. The number of ketones is 1. The molecule has 2 nitrogen and oxygen atoms in total. The molecule has 1 aliphatic rings. The molecule has 1 aromatic heterocycles. The number of fused-ring (bicyclic) bond motifs is 2. The van der Waals surface area contributed by atoms with Crippen molar-refractivity contribution in [3.63, 3.8) is 0 Å². The summed E-state index contributed by atoms with van der Waals surface area (Å²) >= 11 is 0. The van der Waals surface area contributed by atoms with Crippen molar-refractivity contribution >= 4 is 16.7 Å². The molecule has 1 aromatic carbocycles. The van der Waals surface area contributed by atoms with E-state index in [1.165, 1.54) is 10.9 Å². The molecule has 0 amide bonds. The van der Waals surface area contributed by atoms with E-state index in [2.05, 4.69) is 31.0 Å². The van der Waals surface area contributed by atoms with Gasteiger partial charge in [0.05, 0.1) is 0 Å².